The van der Waals surface area contributed by atoms with E-state index < -0.39 is 0 Å². The fourth-order valence-corrected chi connectivity index (χ4v) is 2.47. The molecule has 0 aliphatic heterocycles. The van der Waals surface area contributed by atoms with Crippen molar-refractivity contribution >= 4 is 15.9 Å². The number of benzene rings is 2. The Kier molecular flexibility index (Phi) is 6.27. The number of para-hydroxylation sites is 1. The summed E-state index contributed by atoms with van der Waals surface area (Å²) in [5, 5.41) is 3.48. The molecule has 2 aromatic carbocycles. The van der Waals surface area contributed by atoms with E-state index in [0.29, 0.717) is 5.92 Å². The van der Waals surface area contributed by atoms with Crippen molar-refractivity contribution in [2.45, 2.75) is 20.0 Å². The topological polar surface area (TPSA) is 21.3 Å². The maximum atomic E-state index is 6.20. The lowest BCUT2D eigenvalue weighted by Gasteiger charge is -2.21. The zero-order valence-corrected chi connectivity index (χ0v) is 14.1. The van der Waals surface area contributed by atoms with Gasteiger partial charge in [-0.05, 0) is 46.1 Å². The monoisotopic (exact) mass is 347 g/mol. The van der Waals surface area contributed by atoms with E-state index in [-0.39, 0.29) is 6.10 Å². The summed E-state index contributed by atoms with van der Waals surface area (Å²) >= 11 is 3.54. The van der Waals surface area contributed by atoms with Gasteiger partial charge < -0.3 is 10.1 Å². The molecule has 0 aromatic heterocycles. The Balaban J connectivity index is 2.10. The smallest absolute Gasteiger partial charge is 0.136 e. The van der Waals surface area contributed by atoms with Crippen molar-refractivity contribution in [1.29, 1.82) is 0 Å². The normalized spacial score (nSPS) is 12.4. The molecule has 0 saturated carbocycles. The lowest BCUT2D eigenvalue weighted by molar-refractivity contribution is 0.199. The molecule has 0 fully saturated rings. The number of hydrogen-bond acceptors (Lipinski definition) is 2. The van der Waals surface area contributed by atoms with Crippen molar-refractivity contribution in [3.05, 3.63) is 64.6 Å². The molecular weight excluding hydrogens is 326 g/mol. The Morgan fingerprint density at radius 1 is 0.952 bits per heavy atom. The summed E-state index contributed by atoms with van der Waals surface area (Å²) in [5.41, 5.74) is 1.18. The maximum Gasteiger partial charge on any atom is 0.136 e. The first kappa shape index (κ1) is 16.1. The minimum absolute atomic E-state index is 0.00338. The predicted octanol–water partition coefficient (Wildman–Crippen LogP) is 4.81. The molecule has 0 amide bonds. The van der Waals surface area contributed by atoms with E-state index >= 15 is 0 Å². The fraction of sp³-hybridized carbons (Fsp3) is 0.333. The summed E-state index contributed by atoms with van der Waals surface area (Å²) in [4.78, 5) is 0. The van der Waals surface area contributed by atoms with E-state index in [1.165, 1.54) is 5.56 Å². The van der Waals surface area contributed by atoms with Gasteiger partial charge in [-0.3, -0.25) is 0 Å². The first-order valence-electron chi connectivity index (χ1n) is 7.33. The van der Waals surface area contributed by atoms with Gasteiger partial charge in [-0.25, -0.2) is 0 Å². The average Bonchev–Trinajstić information content (AvgIpc) is 2.49. The summed E-state index contributed by atoms with van der Waals surface area (Å²) in [5.74, 6) is 1.50. The van der Waals surface area contributed by atoms with Crippen molar-refractivity contribution in [3.8, 4) is 5.75 Å². The van der Waals surface area contributed by atoms with Crippen LogP contribution in [0.2, 0.25) is 0 Å². The molecule has 1 N–H and O–H groups in total. The second kappa shape index (κ2) is 8.20. The zero-order valence-electron chi connectivity index (χ0n) is 12.6. The highest BCUT2D eigenvalue weighted by Crippen LogP contribution is 2.28. The SMILES string of the molecule is CC(C)CNCC(Oc1ccccc1Br)c1ccccc1. The van der Waals surface area contributed by atoms with Crippen LogP contribution in [0.4, 0.5) is 0 Å². The van der Waals surface area contributed by atoms with Crippen LogP contribution in [0.3, 0.4) is 0 Å². The molecule has 0 aliphatic carbocycles. The van der Waals surface area contributed by atoms with Crippen LogP contribution in [0.15, 0.2) is 59.1 Å². The zero-order chi connectivity index (χ0) is 15.1. The van der Waals surface area contributed by atoms with Crippen molar-refractivity contribution < 1.29 is 4.74 Å². The van der Waals surface area contributed by atoms with Gasteiger partial charge in [0.25, 0.3) is 0 Å². The number of nitrogens with one attached hydrogen (secondary N) is 1. The lowest BCUT2D eigenvalue weighted by atomic mass is 10.1. The molecule has 21 heavy (non-hydrogen) atoms. The summed E-state index contributed by atoms with van der Waals surface area (Å²) < 4.78 is 7.19. The van der Waals surface area contributed by atoms with Gasteiger partial charge in [0.1, 0.15) is 11.9 Å². The summed E-state index contributed by atoms with van der Waals surface area (Å²) in [6.45, 7) is 6.20. The van der Waals surface area contributed by atoms with Gasteiger partial charge in [-0.1, -0.05) is 56.3 Å². The fourth-order valence-electron chi connectivity index (χ4n) is 2.09. The number of hydrogen-bond donors (Lipinski definition) is 1. The van der Waals surface area contributed by atoms with Crippen LogP contribution in [0.5, 0.6) is 5.75 Å². The van der Waals surface area contributed by atoms with Crippen LogP contribution < -0.4 is 10.1 Å². The first-order chi connectivity index (χ1) is 10.2. The van der Waals surface area contributed by atoms with Crippen molar-refractivity contribution in [2.24, 2.45) is 5.92 Å². The highest BCUT2D eigenvalue weighted by atomic mass is 79.9. The Labute approximate surface area is 135 Å². The Morgan fingerprint density at radius 2 is 1.62 bits per heavy atom. The van der Waals surface area contributed by atoms with Gasteiger partial charge in [0.15, 0.2) is 0 Å². The number of ether oxygens (including phenoxy) is 1. The van der Waals surface area contributed by atoms with E-state index in [4.69, 9.17) is 4.74 Å². The third-order valence-electron chi connectivity index (χ3n) is 3.16. The van der Waals surface area contributed by atoms with Crippen LogP contribution in [-0.4, -0.2) is 13.1 Å². The standard InChI is InChI=1S/C18H22BrNO/c1-14(2)12-20-13-18(15-8-4-3-5-9-15)21-17-11-7-6-10-16(17)19/h3-11,14,18,20H,12-13H2,1-2H3. The third-order valence-corrected chi connectivity index (χ3v) is 3.81. The number of halogens is 1. The molecule has 3 heteroatoms. The van der Waals surface area contributed by atoms with Crippen molar-refractivity contribution in [1.82, 2.24) is 5.32 Å². The highest BCUT2D eigenvalue weighted by Gasteiger charge is 2.14. The predicted molar refractivity (Wildman–Crippen MR) is 91.7 cm³/mol. The average molecular weight is 348 g/mol. The van der Waals surface area contributed by atoms with Crippen LogP contribution in [0.1, 0.15) is 25.5 Å². The van der Waals surface area contributed by atoms with Crippen LogP contribution in [0.25, 0.3) is 0 Å². The number of rotatable bonds is 7. The quantitative estimate of drug-likeness (QED) is 0.775. The molecule has 2 rings (SSSR count). The summed E-state index contributed by atoms with van der Waals surface area (Å²) in [6.07, 6.45) is 0.00338. The first-order valence-corrected chi connectivity index (χ1v) is 8.13. The molecule has 2 nitrogen and oxygen atoms in total. The molecular formula is C18H22BrNO. The minimum atomic E-state index is 0.00338. The molecule has 0 aliphatic rings. The van der Waals surface area contributed by atoms with E-state index in [1.54, 1.807) is 0 Å². The minimum Gasteiger partial charge on any atom is -0.483 e. The van der Waals surface area contributed by atoms with E-state index in [9.17, 15) is 0 Å². The molecule has 1 unspecified atom stereocenters. The van der Waals surface area contributed by atoms with Gasteiger partial charge >= 0.3 is 0 Å². The largest absolute Gasteiger partial charge is 0.483 e. The molecule has 1 atom stereocenters. The van der Waals surface area contributed by atoms with Crippen LogP contribution >= 0.6 is 15.9 Å². The Hall–Kier alpha value is -1.32. The van der Waals surface area contributed by atoms with Gasteiger partial charge in [0.05, 0.1) is 4.47 Å². The van der Waals surface area contributed by atoms with Crippen LogP contribution in [-0.2, 0) is 0 Å². The van der Waals surface area contributed by atoms with Gasteiger partial charge in [-0.2, -0.15) is 0 Å². The Morgan fingerprint density at radius 3 is 2.29 bits per heavy atom. The van der Waals surface area contributed by atoms with Crippen molar-refractivity contribution in [3.63, 3.8) is 0 Å². The summed E-state index contributed by atoms with van der Waals surface area (Å²) in [6, 6.07) is 18.3. The highest BCUT2D eigenvalue weighted by molar-refractivity contribution is 9.10. The molecule has 0 radical (unpaired) electrons. The second-order valence-electron chi connectivity index (χ2n) is 5.50. The van der Waals surface area contributed by atoms with Crippen molar-refractivity contribution in [2.75, 3.05) is 13.1 Å². The molecule has 0 saturated heterocycles. The Bertz CT molecular complexity index is 542. The summed E-state index contributed by atoms with van der Waals surface area (Å²) in [7, 11) is 0. The molecule has 0 bridgehead atoms. The molecule has 112 valence electrons. The van der Waals surface area contributed by atoms with E-state index in [0.717, 1.165) is 23.3 Å². The lowest BCUT2D eigenvalue weighted by Crippen LogP contribution is -2.28. The van der Waals surface area contributed by atoms with Gasteiger partial charge in [0.2, 0.25) is 0 Å². The van der Waals surface area contributed by atoms with Gasteiger partial charge in [-0.15, -0.1) is 0 Å². The second-order valence-corrected chi connectivity index (χ2v) is 6.35. The molecule has 0 heterocycles. The van der Waals surface area contributed by atoms with E-state index in [2.05, 4.69) is 47.2 Å². The van der Waals surface area contributed by atoms with Gasteiger partial charge in [0, 0.05) is 6.54 Å². The molecule has 0 spiro atoms. The van der Waals surface area contributed by atoms with Crippen LogP contribution in [0, 0.1) is 5.92 Å². The maximum absolute atomic E-state index is 6.20. The van der Waals surface area contributed by atoms with E-state index in [1.807, 2.05) is 42.5 Å². The third kappa shape index (κ3) is 5.18. The molecule has 2 aromatic rings.